The maximum atomic E-state index is 11.9. The SMILES string of the molecule is C=CC1(C(=O)O)COC(=O)OC1.C=CC1(C(=O)OC(C)(C)C)COC(=O)OC1. The first-order chi connectivity index (χ1) is 12.9. The molecule has 0 radical (unpaired) electrons. The normalized spacial score (nSPS) is 19.8. The Morgan fingerprint density at radius 1 is 0.929 bits per heavy atom. The average molecular weight is 400 g/mol. The predicted molar refractivity (Wildman–Crippen MR) is 93.3 cm³/mol. The summed E-state index contributed by atoms with van der Waals surface area (Å²) >= 11 is 0. The number of carboxylic acid groups (broad SMARTS) is 1. The molecule has 0 spiro atoms. The van der Waals surface area contributed by atoms with Crippen molar-refractivity contribution in [1.82, 2.24) is 0 Å². The highest BCUT2D eigenvalue weighted by Gasteiger charge is 2.45. The highest BCUT2D eigenvalue weighted by molar-refractivity contribution is 5.81. The van der Waals surface area contributed by atoms with Gasteiger partial charge in [-0.3, -0.25) is 9.59 Å². The Kier molecular flexibility index (Phi) is 7.20. The van der Waals surface area contributed by atoms with Crippen LogP contribution in [0.2, 0.25) is 0 Å². The molecule has 2 fully saturated rings. The second kappa shape index (κ2) is 8.77. The summed E-state index contributed by atoms with van der Waals surface area (Å²) in [6.07, 6.45) is 0.990. The Balaban J connectivity index is 0.000000292. The third-order valence-electron chi connectivity index (χ3n) is 3.80. The van der Waals surface area contributed by atoms with Crippen LogP contribution in [-0.4, -0.2) is 61.4 Å². The van der Waals surface area contributed by atoms with Crippen molar-refractivity contribution < 1.29 is 48.0 Å². The summed E-state index contributed by atoms with van der Waals surface area (Å²) < 4.78 is 23.5. The van der Waals surface area contributed by atoms with Crippen LogP contribution in [0.3, 0.4) is 0 Å². The lowest BCUT2D eigenvalue weighted by molar-refractivity contribution is -0.173. The zero-order valence-corrected chi connectivity index (χ0v) is 16.0. The lowest BCUT2D eigenvalue weighted by Gasteiger charge is -2.33. The predicted octanol–water partition coefficient (Wildman–Crippen LogP) is 2.08. The molecule has 1 N–H and O–H groups in total. The molecular weight excluding hydrogens is 376 g/mol. The van der Waals surface area contributed by atoms with Crippen LogP contribution in [0.4, 0.5) is 9.59 Å². The molecule has 156 valence electrons. The summed E-state index contributed by atoms with van der Waals surface area (Å²) in [7, 11) is 0. The van der Waals surface area contributed by atoms with Crippen molar-refractivity contribution in [3.05, 3.63) is 25.3 Å². The molecule has 0 amide bonds. The largest absolute Gasteiger partial charge is 0.508 e. The van der Waals surface area contributed by atoms with Crippen molar-refractivity contribution in [2.24, 2.45) is 10.8 Å². The molecule has 0 saturated carbocycles. The highest BCUT2D eigenvalue weighted by Crippen LogP contribution is 2.28. The Bertz CT molecular complexity index is 638. The van der Waals surface area contributed by atoms with Gasteiger partial charge in [0.2, 0.25) is 0 Å². The van der Waals surface area contributed by atoms with Gasteiger partial charge in [0.25, 0.3) is 0 Å². The molecule has 0 aromatic heterocycles. The summed E-state index contributed by atoms with van der Waals surface area (Å²) in [5, 5.41) is 8.73. The van der Waals surface area contributed by atoms with Crippen molar-refractivity contribution in [3.8, 4) is 0 Å². The maximum Gasteiger partial charge on any atom is 0.508 e. The van der Waals surface area contributed by atoms with E-state index in [1.807, 2.05) is 0 Å². The number of rotatable bonds is 4. The summed E-state index contributed by atoms with van der Waals surface area (Å²) in [5.74, 6) is -1.60. The number of esters is 1. The van der Waals surface area contributed by atoms with Gasteiger partial charge in [0.1, 0.15) is 32.0 Å². The molecule has 2 aliphatic heterocycles. The van der Waals surface area contributed by atoms with E-state index in [4.69, 9.17) is 9.84 Å². The third-order valence-corrected chi connectivity index (χ3v) is 3.80. The number of carbonyl (C=O) groups excluding carboxylic acids is 3. The third kappa shape index (κ3) is 5.73. The number of carbonyl (C=O) groups is 4. The summed E-state index contributed by atoms with van der Waals surface area (Å²) in [6.45, 7) is 11.6. The smallest absolute Gasteiger partial charge is 0.480 e. The first-order valence-corrected chi connectivity index (χ1v) is 8.23. The fourth-order valence-electron chi connectivity index (χ4n) is 1.94. The van der Waals surface area contributed by atoms with Crippen LogP contribution in [0, 0.1) is 10.8 Å². The molecule has 0 bridgehead atoms. The highest BCUT2D eigenvalue weighted by atomic mass is 16.7. The molecule has 10 nitrogen and oxygen atoms in total. The van der Waals surface area contributed by atoms with Gasteiger partial charge in [-0.05, 0) is 20.8 Å². The summed E-state index contributed by atoms with van der Waals surface area (Å²) in [6, 6.07) is 0. The monoisotopic (exact) mass is 400 g/mol. The zero-order chi connectivity index (χ0) is 21.6. The van der Waals surface area contributed by atoms with Crippen LogP contribution < -0.4 is 0 Å². The van der Waals surface area contributed by atoms with Gasteiger partial charge in [-0.25, -0.2) is 9.59 Å². The quantitative estimate of drug-likeness (QED) is 0.424. The summed E-state index contributed by atoms with van der Waals surface area (Å²) in [5.41, 5.74) is -2.98. The van der Waals surface area contributed by atoms with Crippen molar-refractivity contribution in [3.63, 3.8) is 0 Å². The summed E-state index contributed by atoms with van der Waals surface area (Å²) in [4.78, 5) is 43.7. The first kappa shape index (κ1) is 23.0. The standard InChI is InChI=1S/C11H16O5.C7H8O5/c1-5-11(6-14-9(13)15-7-11)8(12)16-10(2,3)4;1-2-7(5(8)9)3-11-6(10)12-4-7/h5H,1,6-7H2,2-4H3;2H,1,3-4H2,(H,8,9). The van der Waals surface area contributed by atoms with Gasteiger partial charge >= 0.3 is 24.2 Å². The van der Waals surface area contributed by atoms with E-state index < -0.39 is 40.7 Å². The van der Waals surface area contributed by atoms with Gasteiger partial charge < -0.3 is 28.8 Å². The molecule has 2 heterocycles. The Morgan fingerprint density at radius 3 is 1.57 bits per heavy atom. The van der Waals surface area contributed by atoms with E-state index in [1.54, 1.807) is 20.8 Å². The number of hydrogen-bond acceptors (Lipinski definition) is 9. The Hall–Kier alpha value is -3.04. The molecule has 0 aromatic rings. The van der Waals surface area contributed by atoms with Crippen LogP contribution in [0.5, 0.6) is 0 Å². The molecule has 0 atom stereocenters. The Labute approximate surface area is 162 Å². The molecule has 2 aliphatic rings. The van der Waals surface area contributed by atoms with E-state index in [0.717, 1.165) is 0 Å². The number of cyclic esters (lactones) is 4. The minimum absolute atomic E-state index is 0.0930. The molecule has 0 aromatic carbocycles. The van der Waals surface area contributed by atoms with Gasteiger partial charge in [-0.15, -0.1) is 13.2 Å². The van der Waals surface area contributed by atoms with Crippen LogP contribution in [0.1, 0.15) is 20.8 Å². The van der Waals surface area contributed by atoms with E-state index in [2.05, 4.69) is 32.1 Å². The lowest BCUT2D eigenvalue weighted by atomic mass is 9.89. The van der Waals surface area contributed by atoms with Gasteiger partial charge in [0.15, 0.2) is 10.8 Å². The van der Waals surface area contributed by atoms with Gasteiger partial charge in [-0.2, -0.15) is 0 Å². The molecule has 10 heteroatoms. The fraction of sp³-hybridized carbons (Fsp3) is 0.556. The minimum atomic E-state index is -1.28. The molecule has 2 saturated heterocycles. The number of aliphatic carboxylic acids is 1. The lowest BCUT2D eigenvalue weighted by Crippen LogP contribution is -2.46. The molecular formula is C18H24O10. The van der Waals surface area contributed by atoms with Gasteiger partial charge in [-0.1, -0.05) is 12.2 Å². The number of ether oxygens (including phenoxy) is 5. The Morgan fingerprint density at radius 2 is 1.29 bits per heavy atom. The average Bonchev–Trinajstić information content (AvgIpc) is 2.62. The zero-order valence-electron chi connectivity index (χ0n) is 16.0. The second-order valence-corrected chi connectivity index (χ2v) is 7.18. The molecule has 0 unspecified atom stereocenters. The van der Waals surface area contributed by atoms with E-state index in [9.17, 15) is 19.2 Å². The van der Waals surface area contributed by atoms with Crippen LogP contribution in [-0.2, 0) is 33.3 Å². The van der Waals surface area contributed by atoms with Gasteiger partial charge in [0, 0.05) is 0 Å². The van der Waals surface area contributed by atoms with Gasteiger partial charge in [0.05, 0.1) is 0 Å². The number of carboxylic acids is 1. The van der Waals surface area contributed by atoms with E-state index in [1.165, 1.54) is 12.2 Å². The molecule has 0 aliphatic carbocycles. The first-order valence-electron chi connectivity index (χ1n) is 8.23. The van der Waals surface area contributed by atoms with Crippen LogP contribution in [0.15, 0.2) is 25.3 Å². The van der Waals surface area contributed by atoms with Crippen molar-refractivity contribution in [2.75, 3.05) is 26.4 Å². The fourth-order valence-corrected chi connectivity index (χ4v) is 1.94. The van der Waals surface area contributed by atoms with E-state index in [0.29, 0.717) is 0 Å². The van der Waals surface area contributed by atoms with Crippen molar-refractivity contribution >= 4 is 24.2 Å². The van der Waals surface area contributed by atoms with Crippen LogP contribution in [0.25, 0.3) is 0 Å². The van der Waals surface area contributed by atoms with Crippen molar-refractivity contribution in [1.29, 1.82) is 0 Å². The maximum absolute atomic E-state index is 11.9. The topological polar surface area (TPSA) is 135 Å². The van der Waals surface area contributed by atoms with Crippen molar-refractivity contribution in [2.45, 2.75) is 26.4 Å². The minimum Gasteiger partial charge on any atom is -0.480 e. The number of hydrogen-bond donors (Lipinski definition) is 1. The van der Waals surface area contributed by atoms with E-state index in [-0.39, 0.29) is 26.4 Å². The molecule has 2 rings (SSSR count). The molecule has 28 heavy (non-hydrogen) atoms. The van der Waals surface area contributed by atoms with Crippen LogP contribution >= 0.6 is 0 Å². The second-order valence-electron chi connectivity index (χ2n) is 7.18. The van der Waals surface area contributed by atoms with E-state index >= 15 is 0 Å².